The molecule has 2 amide bonds. The standard InChI is InChI=1S/C19H21ClN2O3S/c1-3-25-17-10-8-15(9-11-17)21-18(23)12-26-13(2)19(24)22-16-6-4-14(20)5-7-16/h4-11,13H,3,12H2,1-2H3,(H,21,23)(H,22,24). The molecule has 0 bridgehead atoms. The molecule has 0 saturated carbocycles. The van der Waals surface area contributed by atoms with Gasteiger partial charge in [0.25, 0.3) is 0 Å². The molecule has 7 heteroatoms. The fraction of sp³-hybridized carbons (Fsp3) is 0.263. The molecule has 0 aromatic heterocycles. The summed E-state index contributed by atoms with van der Waals surface area (Å²) in [5.74, 6) is 0.617. The maximum Gasteiger partial charge on any atom is 0.237 e. The molecule has 2 aromatic carbocycles. The predicted molar refractivity (Wildman–Crippen MR) is 108 cm³/mol. The van der Waals surface area contributed by atoms with Crippen LogP contribution in [-0.4, -0.2) is 29.4 Å². The summed E-state index contributed by atoms with van der Waals surface area (Å²) in [4.78, 5) is 24.2. The summed E-state index contributed by atoms with van der Waals surface area (Å²) in [6.07, 6.45) is 0. The maximum absolute atomic E-state index is 12.2. The molecule has 0 spiro atoms. The lowest BCUT2D eigenvalue weighted by atomic mass is 10.3. The van der Waals surface area contributed by atoms with Crippen LogP contribution < -0.4 is 15.4 Å². The van der Waals surface area contributed by atoms with Gasteiger partial charge in [0.1, 0.15) is 5.75 Å². The highest BCUT2D eigenvalue weighted by atomic mass is 35.5. The monoisotopic (exact) mass is 392 g/mol. The summed E-state index contributed by atoms with van der Waals surface area (Å²) in [5.41, 5.74) is 1.36. The number of nitrogens with one attached hydrogen (secondary N) is 2. The van der Waals surface area contributed by atoms with Crippen molar-refractivity contribution >= 4 is 46.6 Å². The van der Waals surface area contributed by atoms with E-state index in [2.05, 4.69) is 10.6 Å². The molecule has 26 heavy (non-hydrogen) atoms. The molecule has 0 saturated heterocycles. The van der Waals surface area contributed by atoms with Crippen molar-refractivity contribution < 1.29 is 14.3 Å². The van der Waals surface area contributed by atoms with E-state index < -0.39 is 0 Å². The molecular weight excluding hydrogens is 372 g/mol. The number of halogens is 1. The number of rotatable bonds is 8. The van der Waals surface area contributed by atoms with Gasteiger partial charge in [-0.1, -0.05) is 11.6 Å². The number of hydrogen-bond donors (Lipinski definition) is 2. The Morgan fingerprint density at radius 3 is 2.23 bits per heavy atom. The molecule has 2 N–H and O–H groups in total. The molecule has 2 rings (SSSR count). The smallest absolute Gasteiger partial charge is 0.237 e. The van der Waals surface area contributed by atoms with Crippen molar-refractivity contribution in [2.45, 2.75) is 19.1 Å². The first kappa shape index (κ1) is 20.1. The minimum Gasteiger partial charge on any atom is -0.494 e. The average molecular weight is 393 g/mol. The highest BCUT2D eigenvalue weighted by Crippen LogP contribution is 2.18. The van der Waals surface area contributed by atoms with Gasteiger partial charge in [-0.2, -0.15) is 0 Å². The van der Waals surface area contributed by atoms with Gasteiger partial charge < -0.3 is 15.4 Å². The molecule has 1 unspecified atom stereocenters. The topological polar surface area (TPSA) is 67.4 Å². The molecule has 0 aliphatic rings. The first-order valence-electron chi connectivity index (χ1n) is 8.18. The zero-order valence-electron chi connectivity index (χ0n) is 14.6. The van der Waals surface area contributed by atoms with Gasteiger partial charge in [-0.25, -0.2) is 0 Å². The fourth-order valence-corrected chi connectivity index (χ4v) is 2.86. The van der Waals surface area contributed by atoms with Crippen molar-refractivity contribution in [2.24, 2.45) is 0 Å². The molecule has 2 aromatic rings. The molecule has 1 atom stereocenters. The average Bonchev–Trinajstić information content (AvgIpc) is 2.63. The van der Waals surface area contributed by atoms with Crippen LogP contribution in [0.25, 0.3) is 0 Å². The summed E-state index contributed by atoms with van der Waals surface area (Å²) in [7, 11) is 0. The third-order valence-corrected chi connectivity index (χ3v) is 4.79. The number of hydrogen-bond acceptors (Lipinski definition) is 4. The first-order chi connectivity index (χ1) is 12.5. The van der Waals surface area contributed by atoms with Gasteiger partial charge in [-0.3, -0.25) is 9.59 Å². The van der Waals surface area contributed by atoms with E-state index in [1.165, 1.54) is 11.8 Å². The van der Waals surface area contributed by atoms with E-state index in [9.17, 15) is 9.59 Å². The molecule has 0 aliphatic heterocycles. The molecule has 0 radical (unpaired) electrons. The Hall–Kier alpha value is -2.18. The van der Waals surface area contributed by atoms with Gasteiger partial charge >= 0.3 is 0 Å². The number of amides is 2. The van der Waals surface area contributed by atoms with E-state index >= 15 is 0 Å². The Balaban J connectivity index is 1.76. The zero-order valence-corrected chi connectivity index (χ0v) is 16.2. The van der Waals surface area contributed by atoms with Crippen LogP contribution in [-0.2, 0) is 9.59 Å². The van der Waals surface area contributed by atoms with Crippen molar-refractivity contribution in [1.82, 2.24) is 0 Å². The number of carbonyl (C=O) groups excluding carboxylic acids is 2. The second-order valence-corrected chi connectivity index (χ2v) is 7.22. The van der Waals surface area contributed by atoms with Gasteiger partial charge in [0.05, 0.1) is 17.6 Å². The lowest BCUT2D eigenvalue weighted by Crippen LogP contribution is -2.25. The van der Waals surface area contributed by atoms with Crippen molar-refractivity contribution in [2.75, 3.05) is 23.0 Å². The Bertz CT molecular complexity index is 735. The van der Waals surface area contributed by atoms with Gasteiger partial charge in [-0.05, 0) is 62.4 Å². The quantitative estimate of drug-likeness (QED) is 0.697. The van der Waals surface area contributed by atoms with E-state index in [4.69, 9.17) is 16.3 Å². The van der Waals surface area contributed by atoms with Crippen LogP contribution in [0.2, 0.25) is 5.02 Å². The van der Waals surface area contributed by atoms with Crippen LogP contribution in [0.1, 0.15) is 13.8 Å². The van der Waals surface area contributed by atoms with E-state index in [1.807, 2.05) is 6.92 Å². The minimum absolute atomic E-state index is 0.161. The highest BCUT2D eigenvalue weighted by Gasteiger charge is 2.15. The second kappa shape index (κ2) is 10.1. The summed E-state index contributed by atoms with van der Waals surface area (Å²) >= 11 is 7.09. The number of anilines is 2. The summed E-state index contributed by atoms with van der Waals surface area (Å²) in [6.45, 7) is 4.27. The zero-order chi connectivity index (χ0) is 18.9. The normalized spacial score (nSPS) is 11.5. The molecule has 138 valence electrons. The number of ether oxygens (including phenoxy) is 1. The van der Waals surface area contributed by atoms with Crippen molar-refractivity contribution in [3.05, 3.63) is 53.6 Å². The van der Waals surface area contributed by atoms with Crippen molar-refractivity contribution in [3.8, 4) is 5.75 Å². The molecule has 0 fully saturated rings. The lowest BCUT2D eigenvalue weighted by Gasteiger charge is -2.12. The van der Waals surface area contributed by atoms with E-state index in [1.54, 1.807) is 55.5 Å². The van der Waals surface area contributed by atoms with Crippen LogP contribution in [0.4, 0.5) is 11.4 Å². The van der Waals surface area contributed by atoms with Gasteiger partial charge in [0.2, 0.25) is 11.8 Å². The molecular formula is C19H21ClN2O3S. The second-order valence-electron chi connectivity index (χ2n) is 5.45. The van der Waals surface area contributed by atoms with Crippen LogP contribution in [0.5, 0.6) is 5.75 Å². The van der Waals surface area contributed by atoms with E-state index in [0.29, 0.717) is 23.0 Å². The number of benzene rings is 2. The Morgan fingerprint density at radius 1 is 1.04 bits per heavy atom. The van der Waals surface area contributed by atoms with E-state index in [0.717, 1.165) is 5.75 Å². The molecule has 0 heterocycles. The first-order valence-corrected chi connectivity index (χ1v) is 9.61. The van der Waals surface area contributed by atoms with E-state index in [-0.39, 0.29) is 22.8 Å². The van der Waals surface area contributed by atoms with Crippen LogP contribution in [0.15, 0.2) is 48.5 Å². The highest BCUT2D eigenvalue weighted by molar-refractivity contribution is 8.01. The van der Waals surface area contributed by atoms with Crippen molar-refractivity contribution in [1.29, 1.82) is 0 Å². The minimum atomic E-state index is -0.364. The Labute approximate surface area is 162 Å². The lowest BCUT2D eigenvalue weighted by molar-refractivity contribution is -0.115. The number of thioether (sulfide) groups is 1. The third-order valence-electron chi connectivity index (χ3n) is 3.39. The Morgan fingerprint density at radius 2 is 1.62 bits per heavy atom. The van der Waals surface area contributed by atoms with Gasteiger partial charge in [0, 0.05) is 16.4 Å². The van der Waals surface area contributed by atoms with Crippen LogP contribution in [0.3, 0.4) is 0 Å². The third kappa shape index (κ3) is 6.61. The summed E-state index contributed by atoms with van der Waals surface area (Å²) in [5, 5.41) is 5.84. The van der Waals surface area contributed by atoms with Crippen LogP contribution in [0, 0.1) is 0 Å². The SMILES string of the molecule is CCOc1ccc(NC(=O)CSC(C)C(=O)Nc2ccc(Cl)cc2)cc1. The summed E-state index contributed by atoms with van der Waals surface area (Å²) < 4.78 is 5.36. The predicted octanol–water partition coefficient (Wildman–Crippen LogP) is 4.44. The molecule has 5 nitrogen and oxygen atoms in total. The largest absolute Gasteiger partial charge is 0.494 e. The summed E-state index contributed by atoms with van der Waals surface area (Å²) in [6, 6.07) is 14.0. The molecule has 0 aliphatic carbocycles. The fourth-order valence-electron chi connectivity index (χ4n) is 2.05. The van der Waals surface area contributed by atoms with Crippen LogP contribution >= 0.6 is 23.4 Å². The maximum atomic E-state index is 12.2. The van der Waals surface area contributed by atoms with Crippen molar-refractivity contribution in [3.63, 3.8) is 0 Å². The Kier molecular flexibility index (Phi) is 7.81. The van der Waals surface area contributed by atoms with Gasteiger partial charge in [0.15, 0.2) is 0 Å². The number of carbonyl (C=O) groups is 2. The van der Waals surface area contributed by atoms with Gasteiger partial charge in [-0.15, -0.1) is 11.8 Å².